The maximum atomic E-state index is 13.7. The average molecular weight is 275 g/mol. The van der Waals surface area contributed by atoms with Gasteiger partial charge in [0.25, 0.3) is 0 Å². The lowest BCUT2D eigenvalue weighted by Crippen LogP contribution is -2.16. The predicted octanol–water partition coefficient (Wildman–Crippen LogP) is 4.33. The van der Waals surface area contributed by atoms with Gasteiger partial charge in [0.1, 0.15) is 17.2 Å². The zero-order chi connectivity index (χ0) is 14.3. The maximum absolute atomic E-state index is 13.7. The second-order valence-corrected chi connectivity index (χ2v) is 6.36. The highest BCUT2D eigenvalue weighted by Gasteiger charge is 2.23. The number of nitrogens with one attached hydrogen (secondary N) is 1. The normalized spacial score (nSPS) is 15.4. The van der Waals surface area contributed by atoms with E-state index >= 15 is 0 Å². The van der Waals surface area contributed by atoms with E-state index < -0.39 is 0 Å². The van der Waals surface area contributed by atoms with Gasteiger partial charge in [-0.15, -0.1) is 0 Å². The summed E-state index contributed by atoms with van der Waals surface area (Å²) in [5.74, 6) is 1.33. The van der Waals surface area contributed by atoms with Gasteiger partial charge in [0, 0.05) is 17.0 Å². The molecule has 0 amide bonds. The van der Waals surface area contributed by atoms with Crippen LogP contribution in [0.15, 0.2) is 16.5 Å². The van der Waals surface area contributed by atoms with Crippen LogP contribution in [0.1, 0.15) is 43.6 Å². The summed E-state index contributed by atoms with van der Waals surface area (Å²) in [5.41, 5.74) is 2.89. The summed E-state index contributed by atoms with van der Waals surface area (Å²) in [6.07, 6.45) is 3.44. The third-order valence-corrected chi connectivity index (χ3v) is 3.87. The first-order valence-electron chi connectivity index (χ1n) is 7.48. The molecule has 0 bridgehead atoms. The Bertz CT molecular complexity index is 625. The zero-order valence-corrected chi connectivity index (χ0v) is 12.4. The Kier molecular flexibility index (Phi) is 3.55. The summed E-state index contributed by atoms with van der Waals surface area (Å²) in [4.78, 5) is 0. The summed E-state index contributed by atoms with van der Waals surface area (Å²) >= 11 is 0. The lowest BCUT2D eigenvalue weighted by Gasteiger charge is -2.07. The Hall–Kier alpha value is -1.35. The number of furan rings is 1. The van der Waals surface area contributed by atoms with E-state index in [0.717, 1.165) is 35.3 Å². The van der Waals surface area contributed by atoms with Crippen molar-refractivity contribution in [2.45, 2.75) is 52.6 Å². The Labute approximate surface area is 119 Å². The molecule has 1 heterocycles. The van der Waals surface area contributed by atoms with Crippen LogP contribution in [0.4, 0.5) is 4.39 Å². The summed E-state index contributed by atoms with van der Waals surface area (Å²) in [5, 5.41) is 4.44. The minimum Gasteiger partial charge on any atom is -0.459 e. The van der Waals surface area contributed by atoms with Crippen LogP contribution >= 0.6 is 0 Å². The number of benzene rings is 1. The van der Waals surface area contributed by atoms with Crippen molar-refractivity contribution in [1.82, 2.24) is 5.32 Å². The van der Waals surface area contributed by atoms with E-state index in [2.05, 4.69) is 19.2 Å². The minimum absolute atomic E-state index is 0.178. The number of hydrogen-bond acceptors (Lipinski definition) is 2. The van der Waals surface area contributed by atoms with Crippen molar-refractivity contribution in [3.05, 3.63) is 34.8 Å². The molecule has 0 atom stereocenters. The van der Waals surface area contributed by atoms with Gasteiger partial charge in [-0.3, -0.25) is 0 Å². The molecular weight excluding hydrogens is 253 g/mol. The van der Waals surface area contributed by atoms with Crippen molar-refractivity contribution in [3.8, 4) is 0 Å². The molecule has 0 unspecified atom stereocenters. The molecular formula is C17H22FNO. The Morgan fingerprint density at radius 3 is 2.75 bits per heavy atom. The SMILES string of the molecule is Cc1cc(F)cc2c(CC(C)C)c(CNC3CC3)oc12. The van der Waals surface area contributed by atoms with Crippen LogP contribution in [-0.2, 0) is 13.0 Å². The van der Waals surface area contributed by atoms with Crippen molar-refractivity contribution >= 4 is 11.0 Å². The number of fused-ring (bicyclic) bond motifs is 1. The third-order valence-electron chi connectivity index (χ3n) is 3.87. The smallest absolute Gasteiger partial charge is 0.137 e. The van der Waals surface area contributed by atoms with E-state index in [9.17, 15) is 4.39 Å². The molecule has 1 aliphatic carbocycles. The fourth-order valence-corrected chi connectivity index (χ4v) is 2.72. The van der Waals surface area contributed by atoms with Crippen molar-refractivity contribution < 1.29 is 8.81 Å². The van der Waals surface area contributed by atoms with Gasteiger partial charge in [0.15, 0.2) is 0 Å². The van der Waals surface area contributed by atoms with E-state index in [0.29, 0.717) is 12.0 Å². The van der Waals surface area contributed by atoms with Crippen molar-refractivity contribution in [2.75, 3.05) is 0 Å². The molecule has 0 radical (unpaired) electrons. The first-order valence-corrected chi connectivity index (χ1v) is 7.48. The van der Waals surface area contributed by atoms with Gasteiger partial charge < -0.3 is 9.73 Å². The summed E-state index contributed by atoms with van der Waals surface area (Å²) in [6, 6.07) is 3.81. The summed E-state index contributed by atoms with van der Waals surface area (Å²) < 4.78 is 19.7. The molecule has 108 valence electrons. The lowest BCUT2D eigenvalue weighted by molar-refractivity contribution is 0.498. The first-order chi connectivity index (χ1) is 9.54. The van der Waals surface area contributed by atoms with Crippen LogP contribution < -0.4 is 5.32 Å². The molecule has 0 saturated heterocycles. The second-order valence-electron chi connectivity index (χ2n) is 6.36. The van der Waals surface area contributed by atoms with Crippen LogP contribution in [0.25, 0.3) is 11.0 Å². The van der Waals surface area contributed by atoms with Gasteiger partial charge in [0.2, 0.25) is 0 Å². The van der Waals surface area contributed by atoms with Gasteiger partial charge in [0.05, 0.1) is 6.54 Å². The van der Waals surface area contributed by atoms with Gasteiger partial charge in [-0.2, -0.15) is 0 Å². The number of rotatable bonds is 5. The van der Waals surface area contributed by atoms with E-state index in [4.69, 9.17) is 4.42 Å². The quantitative estimate of drug-likeness (QED) is 0.878. The van der Waals surface area contributed by atoms with E-state index in [-0.39, 0.29) is 5.82 Å². The first kappa shape index (κ1) is 13.6. The van der Waals surface area contributed by atoms with Gasteiger partial charge in [-0.05, 0) is 49.8 Å². The highest BCUT2D eigenvalue weighted by molar-refractivity contribution is 5.85. The molecule has 20 heavy (non-hydrogen) atoms. The van der Waals surface area contributed by atoms with Gasteiger partial charge in [-0.25, -0.2) is 4.39 Å². The monoisotopic (exact) mass is 275 g/mol. The standard InChI is InChI=1S/C17H22FNO/c1-10(2)6-14-15-8-12(18)7-11(3)17(15)20-16(14)9-19-13-4-5-13/h7-8,10,13,19H,4-6,9H2,1-3H3. The molecule has 0 spiro atoms. The maximum Gasteiger partial charge on any atom is 0.137 e. The van der Waals surface area contributed by atoms with E-state index in [1.54, 1.807) is 12.1 Å². The molecule has 1 aliphatic rings. The minimum atomic E-state index is -0.178. The summed E-state index contributed by atoms with van der Waals surface area (Å²) in [6.45, 7) is 7.03. The molecule has 2 aromatic rings. The summed E-state index contributed by atoms with van der Waals surface area (Å²) in [7, 11) is 0. The number of aryl methyl sites for hydroxylation is 1. The van der Waals surface area contributed by atoms with Crippen LogP contribution in [-0.4, -0.2) is 6.04 Å². The molecule has 2 nitrogen and oxygen atoms in total. The molecule has 3 heteroatoms. The molecule has 1 fully saturated rings. The van der Waals surface area contributed by atoms with Crippen molar-refractivity contribution in [3.63, 3.8) is 0 Å². The van der Waals surface area contributed by atoms with E-state index in [1.807, 2.05) is 6.92 Å². The number of hydrogen-bond donors (Lipinski definition) is 1. The molecule has 1 saturated carbocycles. The zero-order valence-electron chi connectivity index (χ0n) is 12.4. The number of halogens is 1. The fraction of sp³-hybridized carbons (Fsp3) is 0.529. The van der Waals surface area contributed by atoms with Gasteiger partial charge >= 0.3 is 0 Å². The lowest BCUT2D eigenvalue weighted by atomic mass is 9.99. The van der Waals surface area contributed by atoms with Crippen LogP contribution in [0, 0.1) is 18.7 Å². The molecule has 1 aromatic carbocycles. The molecule has 3 rings (SSSR count). The average Bonchev–Trinajstić information content (AvgIpc) is 3.12. The van der Waals surface area contributed by atoms with Crippen molar-refractivity contribution in [2.24, 2.45) is 5.92 Å². The van der Waals surface area contributed by atoms with Crippen LogP contribution in [0.3, 0.4) is 0 Å². The van der Waals surface area contributed by atoms with E-state index in [1.165, 1.54) is 18.4 Å². The topological polar surface area (TPSA) is 25.2 Å². The van der Waals surface area contributed by atoms with Crippen LogP contribution in [0.5, 0.6) is 0 Å². The fourth-order valence-electron chi connectivity index (χ4n) is 2.72. The van der Waals surface area contributed by atoms with Crippen LogP contribution in [0.2, 0.25) is 0 Å². The van der Waals surface area contributed by atoms with Crippen molar-refractivity contribution in [1.29, 1.82) is 0 Å². The highest BCUT2D eigenvalue weighted by atomic mass is 19.1. The second kappa shape index (κ2) is 5.21. The molecule has 1 N–H and O–H groups in total. The highest BCUT2D eigenvalue weighted by Crippen LogP contribution is 2.32. The Balaban J connectivity index is 2.03. The predicted molar refractivity (Wildman–Crippen MR) is 79.3 cm³/mol. The molecule has 0 aliphatic heterocycles. The third kappa shape index (κ3) is 2.73. The largest absolute Gasteiger partial charge is 0.459 e. The molecule has 1 aromatic heterocycles. The van der Waals surface area contributed by atoms with Gasteiger partial charge in [-0.1, -0.05) is 13.8 Å². The Morgan fingerprint density at radius 2 is 2.10 bits per heavy atom. The Morgan fingerprint density at radius 1 is 1.35 bits per heavy atom.